The van der Waals surface area contributed by atoms with E-state index in [0.717, 1.165) is 5.56 Å². The van der Waals surface area contributed by atoms with Gasteiger partial charge >= 0.3 is 0 Å². The van der Waals surface area contributed by atoms with Gasteiger partial charge in [-0.3, -0.25) is 9.10 Å². The number of ether oxygens (including phenoxy) is 3. The molecule has 1 amide bonds. The molecule has 0 saturated carbocycles. The second-order valence-electron chi connectivity index (χ2n) is 7.34. The molecule has 0 unspecified atom stereocenters. The van der Waals surface area contributed by atoms with Crippen LogP contribution in [0.25, 0.3) is 0 Å². The first-order valence-corrected chi connectivity index (χ1v) is 12.1. The number of methoxy groups -OCH3 is 1. The summed E-state index contributed by atoms with van der Waals surface area (Å²) in [6.45, 7) is 2.63. The number of amides is 1. The molecule has 0 bridgehead atoms. The van der Waals surface area contributed by atoms with Crippen LogP contribution in [0, 0.1) is 0 Å². The second-order valence-corrected chi connectivity index (χ2v) is 9.31. The minimum absolute atomic E-state index is 0.157. The van der Waals surface area contributed by atoms with E-state index >= 15 is 0 Å². The summed E-state index contributed by atoms with van der Waals surface area (Å²) in [6, 6.07) is 20.1. The summed E-state index contributed by atoms with van der Waals surface area (Å²) < 4.78 is 43.1. The van der Waals surface area contributed by atoms with Gasteiger partial charge < -0.3 is 19.5 Å². The maximum Gasteiger partial charge on any atom is 0.264 e. The predicted molar refractivity (Wildman–Crippen MR) is 131 cm³/mol. The Morgan fingerprint density at radius 3 is 2.24 bits per heavy atom. The minimum atomic E-state index is -3.74. The van der Waals surface area contributed by atoms with Crippen molar-refractivity contribution >= 4 is 27.3 Å². The molecular formula is C25H28N2O6S. The lowest BCUT2D eigenvalue weighted by Crippen LogP contribution is -2.26. The first kappa shape index (κ1) is 25.1. The second kappa shape index (κ2) is 11.5. The highest BCUT2D eigenvalue weighted by atomic mass is 32.2. The number of carbonyl (C=O) groups excluding carboxylic acids is 1. The Labute approximate surface area is 200 Å². The van der Waals surface area contributed by atoms with Crippen molar-refractivity contribution in [3.8, 4) is 11.5 Å². The van der Waals surface area contributed by atoms with Gasteiger partial charge in [0.1, 0.15) is 11.5 Å². The third-order valence-electron chi connectivity index (χ3n) is 4.89. The Bertz CT molecular complexity index is 1190. The van der Waals surface area contributed by atoms with E-state index in [1.54, 1.807) is 49.6 Å². The quantitative estimate of drug-likeness (QED) is 0.441. The topological polar surface area (TPSA) is 94.2 Å². The summed E-state index contributed by atoms with van der Waals surface area (Å²) in [5.41, 5.74) is 2.06. The smallest absolute Gasteiger partial charge is 0.264 e. The molecule has 0 saturated heterocycles. The molecule has 0 spiro atoms. The Kier molecular flexibility index (Phi) is 8.50. The van der Waals surface area contributed by atoms with E-state index in [1.807, 2.05) is 25.1 Å². The highest BCUT2D eigenvalue weighted by Gasteiger charge is 2.21. The van der Waals surface area contributed by atoms with Crippen molar-refractivity contribution in [2.45, 2.75) is 18.4 Å². The Balaban J connectivity index is 1.58. The van der Waals surface area contributed by atoms with Gasteiger partial charge in [-0.25, -0.2) is 8.42 Å². The van der Waals surface area contributed by atoms with E-state index in [2.05, 4.69) is 5.32 Å². The zero-order valence-corrected chi connectivity index (χ0v) is 20.2. The normalized spacial score (nSPS) is 11.0. The van der Waals surface area contributed by atoms with Crippen molar-refractivity contribution in [3.63, 3.8) is 0 Å². The van der Waals surface area contributed by atoms with E-state index < -0.39 is 10.0 Å². The van der Waals surface area contributed by atoms with Gasteiger partial charge in [-0.1, -0.05) is 12.1 Å². The van der Waals surface area contributed by atoms with Gasteiger partial charge in [-0.15, -0.1) is 0 Å². The van der Waals surface area contributed by atoms with Crippen molar-refractivity contribution in [3.05, 3.63) is 78.4 Å². The Hall–Kier alpha value is -3.56. The molecule has 0 heterocycles. The third-order valence-corrected chi connectivity index (χ3v) is 6.68. The number of hydrogen-bond donors (Lipinski definition) is 1. The fourth-order valence-corrected chi connectivity index (χ4v) is 4.37. The first-order valence-electron chi connectivity index (χ1n) is 10.7. The number of rotatable bonds is 11. The van der Waals surface area contributed by atoms with Gasteiger partial charge in [0.25, 0.3) is 15.9 Å². The lowest BCUT2D eigenvalue weighted by atomic mass is 10.2. The van der Waals surface area contributed by atoms with Gasteiger partial charge in [0.05, 0.1) is 23.8 Å². The van der Waals surface area contributed by atoms with Crippen LogP contribution in [-0.2, 0) is 26.2 Å². The Morgan fingerprint density at radius 1 is 0.941 bits per heavy atom. The fourth-order valence-electron chi connectivity index (χ4n) is 3.18. The molecule has 0 radical (unpaired) electrons. The van der Waals surface area contributed by atoms with Gasteiger partial charge in [-0.2, -0.15) is 0 Å². The van der Waals surface area contributed by atoms with Crippen LogP contribution in [0.1, 0.15) is 12.5 Å². The van der Waals surface area contributed by atoms with Crippen LogP contribution in [0.5, 0.6) is 11.5 Å². The molecule has 9 heteroatoms. The minimum Gasteiger partial charge on any atom is -0.494 e. The van der Waals surface area contributed by atoms with E-state index in [-0.39, 0.29) is 17.4 Å². The van der Waals surface area contributed by atoms with Gasteiger partial charge in [0.2, 0.25) is 0 Å². The maximum atomic E-state index is 12.9. The number of hydrogen-bond acceptors (Lipinski definition) is 6. The summed E-state index contributed by atoms with van der Waals surface area (Å²) in [5, 5.41) is 2.77. The lowest BCUT2D eigenvalue weighted by molar-refractivity contribution is -0.118. The van der Waals surface area contributed by atoms with E-state index in [9.17, 15) is 13.2 Å². The molecule has 0 atom stereocenters. The van der Waals surface area contributed by atoms with Crippen molar-refractivity contribution in [2.75, 3.05) is 37.0 Å². The molecule has 180 valence electrons. The molecular weight excluding hydrogens is 456 g/mol. The highest BCUT2D eigenvalue weighted by molar-refractivity contribution is 7.92. The lowest BCUT2D eigenvalue weighted by Gasteiger charge is -2.20. The summed E-state index contributed by atoms with van der Waals surface area (Å²) >= 11 is 0. The third kappa shape index (κ3) is 6.49. The standard InChI is InChI=1S/C25H28N2O6S/c1-4-32-22-12-14-24(15-13-22)34(29,30)27(2)21-8-10-23(11-9-21)33-18-25(28)26-20-7-5-6-19(16-20)17-31-3/h5-16H,4,17-18H2,1-3H3,(H,26,28). The molecule has 0 aromatic heterocycles. The molecule has 3 aromatic rings. The van der Waals surface area contributed by atoms with Gasteiger partial charge in [0, 0.05) is 19.8 Å². The van der Waals surface area contributed by atoms with Crippen LogP contribution >= 0.6 is 0 Å². The van der Waals surface area contributed by atoms with Crippen molar-refractivity contribution in [1.29, 1.82) is 0 Å². The average molecular weight is 485 g/mol. The predicted octanol–water partition coefficient (Wildman–Crippen LogP) is 4.07. The molecule has 0 fully saturated rings. The number of nitrogens with zero attached hydrogens (tertiary/aromatic N) is 1. The van der Waals surface area contributed by atoms with Gasteiger partial charge in [0.15, 0.2) is 6.61 Å². The molecule has 3 aromatic carbocycles. The molecule has 0 aliphatic heterocycles. The first-order chi connectivity index (χ1) is 16.3. The average Bonchev–Trinajstić information content (AvgIpc) is 2.84. The molecule has 1 N–H and O–H groups in total. The van der Waals surface area contributed by atoms with Crippen LogP contribution in [0.4, 0.5) is 11.4 Å². The van der Waals surface area contributed by atoms with Crippen molar-refractivity contribution < 1.29 is 27.4 Å². The number of nitrogens with one attached hydrogen (secondary N) is 1. The summed E-state index contributed by atoms with van der Waals surface area (Å²) in [5.74, 6) is 0.741. The fraction of sp³-hybridized carbons (Fsp3) is 0.240. The monoisotopic (exact) mass is 484 g/mol. The van der Waals surface area contributed by atoms with Crippen molar-refractivity contribution in [1.82, 2.24) is 0 Å². The van der Waals surface area contributed by atoms with Gasteiger partial charge in [-0.05, 0) is 73.2 Å². The molecule has 3 rings (SSSR count). The van der Waals surface area contributed by atoms with E-state index in [4.69, 9.17) is 14.2 Å². The van der Waals surface area contributed by atoms with Crippen LogP contribution in [-0.4, -0.2) is 41.7 Å². The SMILES string of the molecule is CCOc1ccc(S(=O)(=O)N(C)c2ccc(OCC(=O)Nc3cccc(COC)c3)cc2)cc1. The van der Waals surface area contributed by atoms with Crippen LogP contribution in [0.3, 0.4) is 0 Å². The van der Waals surface area contributed by atoms with Crippen LogP contribution in [0.15, 0.2) is 77.7 Å². The number of benzene rings is 3. The summed E-state index contributed by atoms with van der Waals surface area (Å²) in [4.78, 5) is 12.4. The molecule has 8 nitrogen and oxygen atoms in total. The summed E-state index contributed by atoms with van der Waals surface area (Å²) in [6.07, 6.45) is 0. The molecule has 0 aliphatic rings. The summed E-state index contributed by atoms with van der Waals surface area (Å²) in [7, 11) is -0.653. The number of anilines is 2. The Morgan fingerprint density at radius 2 is 1.59 bits per heavy atom. The highest BCUT2D eigenvalue weighted by Crippen LogP contribution is 2.25. The van der Waals surface area contributed by atoms with E-state index in [1.165, 1.54) is 23.5 Å². The molecule has 34 heavy (non-hydrogen) atoms. The van der Waals surface area contributed by atoms with E-state index in [0.29, 0.717) is 36.1 Å². The maximum absolute atomic E-state index is 12.9. The number of carbonyl (C=O) groups is 1. The van der Waals surface area contributed by atoms with Crippen LogP contribution < -0.4 is 19.1 Å². The largest absolute Gasteiger partial charge is 0.494 e. The molecule has 0 aliphatic carbocycles. The van der Waals surface area contributed by atoms with Crippen LogP contribution in [0.2, 0.25) is 0 Å². The number of sulfonamides is 1. The van der Waals surface area contributed by atoms with Crippen molar-refractivity contribution in [2.24, 2.45) is 0 Å². The zero-order valence-electron chi connectivity index (χ0n) is 19.4. The zero-order chi connectivity index (χ0) is 24.6.